The molecule has 414 valence electrons. The van der Waals surface area contributed by atoms with E-state index in [1.54, 1.807) is 22.5 Å². The van der Waals surface area contributed by atoms with Crippen LogP contribution in [0.15, 0.2) is 97.1 Å². The van der Waals surface area contributed by atoms with Crippen molar-refractivity contribution in [3.05, 3.63) is 97.1 Å². The van der Waals surface area contributed by atoms with Gasteiger partial charge in [0.25, 0.3) is 0 Å². The first kappa shape index (κ1) is 64.5. The quantitative estimate of drug-likeness (QED) is 0.0328. The number of hydrogen-bond donors (Lipinski definition) is 0. The summed E-state index contributed by atoms with van der Waals surface area (Å²) in [4.78, 5) is 0. The highest BCUT2D eigenvalue weighted by molar-refractivity contribution is 7.84. The summed E-state index contributed by atoms with van der Waals surface area (Å²) >= 11 is 0. The molecule has 4 rings (SSSR count). The Morgan fingerprint density at radius 2 is 0.689 bits per heavy atom. The molecule has 0 fully saturated rings. The molecule has 0 radical (unpaired) electrons. The predicted molar refractivity (Wildman–Crippen MR) is 335 cm³/mol. The lowest BCUT2D eigenvalue weighted by atomic mass is 10.3. The SMILES string of the molecule is CCCC[Si](CCCC)(CCCC)c1cccc(P(c2cccc([Si](CCCC)(CCCC)CCCC)c2)N(C(C)C)P(c2cccc([Si](CCCC)(CCCC)CCCC)c2)c2ccccc2OC(F)(F)F)c1. The maximum atomic E-state index is 14.8. The van der Waals surface area contributed by atoms with Crippen molar-refractivity contribution in [3.8, 4) is 5.75 Å². The lowest BCUT2D eigenvalue weighted by Crippen LogP contribution is -2.50. The Balaban J connectivity index is 2.26. The number of benzene rings is 4. The highest BCUT2D eigenvalue weighted by Crippen LogP contribution is 2.57. The van der Waals surface area contributed by atoms with Gasteiger partial charge in [0.1, 0.15) is 5.75 Å². The minimum Gasteiger partial charge on any atom is -0.405 e. The standard InChI is InChI=1S/C64H104F3NOP2Si3/c1-12-21-43-72(44-22-13-2,45-23-14-3)59-38-32-35-56(52-59)70(57-36-33-39-60(53-57)73(46-24-15-4,47-25-16-5)48-26-17-6)68(55(10)11)71(63-42-31-30-41-62(63)69-64(65,66)67)58-37-34-40-61(54-58)74(49-27-18-7,50-28-19-8)51-29-20-9/h30-42,52-55H,12-29,43-51H2,1-11H3. The summed E-state index contributed by atoms with van der Waals surface area (Å²) in [5, 5.41) is 9.21. The number of alkyl halides is 3. The van der Waals surface area contributed by atoms with E-state index in [9.17, 15) is 13.2 Å². The summed E-state index contributed by atoms with van der Waals surface area (Å²) in [7, 11) is -8.75. The molecule has 0 spiro atoms. The molecular weight excluding hydrogens is 1000 g/mol. The number of unbranched alkanes of at least 4 members (excludes halogenated alkanes) is 9. The van der Waals surface area contributed by atoms with Crippen LogP contribution in [-0.2, 0) is 0 Å². The fraction of sp³-hybridized carbons (Fsp3) is 0.625. The first-order valence-electron chi connectivity index (χ1n) is 30.3. The van der Waals surface area contributed by atoms with E-state index in [-0.39, 0.29) is 11.8 Å². The van der Waals surface area contributed by atoms with Crippen LogP contribution in [0.4, 0.5) is 13.2 Å². The second-order valence-electron chi connectivity index (χ2n) is 22.5. The van der Waals surface area contributed by atoms with Gasteiger partial charge in [-0.2, -0.15) is 0 Å². The van der Waals surface area contributed by atoms with E-state index >= 15 is 0 Å². The van der Waals surface area contributed by atoms with Crippen molar-refractivity contribution in [2.45, 2.75) is 259 Å². The van der Waals surface area contributed by atoms with Crippen LogP contribution in [0.3, 0.4) is 0 Å². The zero-order chi connectivity index (χ0) is 54.0. The van der Waals surface area contributed by atoms with Crippen LogP contribution in [0.1, 0.15) is 192 Å². The third-order valence-corrected chi connectivity index (χ3v) is 38.7. The van der Waals surface area contributed by atoms with Gasteiger partial charge in [-0.3, -0.25) is 0 Å². The molecule has 0 aliphatic rings. The lowest BCUT2D eigenvalue weighted by molar-refractivity contribution is -0.274. The molecule has 0 saturated carbocycles. The van der Waals surface area contributed by atoms with Crippen LogP contribution < -0.4 is 41.5 Å². The van der Waals surface area contributed by atoms with Gasteiger partial charge < -0.3 is 4.74 Å². The van der Waals surface area contributed by atoms with Gasteiger partial charge in [-0.1, -0.05) is 333 Å². The van der Waals surface area contributed by atoms with Crippen molar-refractivity contribution in [3.63, 3.8) is 0 Å². The molecule has 4 aromatic rings. The minimum absolute atomic E-state index is 0.00559. The maximum absolute atomic E-state index is 14.8. The first-order valence-corrected chi connectivity index (χ1v) is 40.7. The Bertz CT molecular complexity index is 2030. The molecule has 4 aromatic carbocycles. The number of para-hydroxylation sites is 1. The number of ether oxygens (including phenoxy) is 1. The molecule has 10 heteroatoms. The second-order valence-corrected chi connectivity index (χ2v) is 40.8. The van der Waals surface area contributed by atoms with Gasteiger partial charge in [-0.15, -0.1) is 13.2 Å². The fourth-order valence-corrected chi connectivity index (χ4v) is 35.7. The van der Waals surface area contributed by atoms with E-state index in [0.29, 0.717) is 5.30 Å². The highest BCUT2D eigenvalue weighted by Gasteiger charge is 2.42. The Hall–Kier alpha value is -2.06. The van der Waals surface area contributed by atoms with Crippen molar-refractivity contribution in [2.75, 3.05) is 0 Å². The third-order valence-electron chi connectivity index (χ3n) is 16.4. The summed E-state index contributed by atoms with van der Waals surface area (Å²) < 4.78 is 52.5. The van der Waals surface area contributed by atoms with Crippen LogP contribution in [0.5, 0.6) is 5.75 Å². The number of hydrogen-bond acceptors (Lipinski definition) is 2. The molecule has 0 amide bonds. The molecule has 1 atom stereocenters. The summed E-state index contributed by atoms with van der Waals surface area (Å²) in [6, 6.07) is 48.4. The van der Waals surface area contributed by atoms with Crippen LogP contribution in [-0.4, -0.2) is 41.1 Å². The Morgan fingerprint density at radius 3 is 0.959 bits per heavy atom. The van der Waals surface area contributed by atoms with E-state index in [4.69, 9.17) is 4.74 Å². The topological polar surface area (TPSA) is 12.5 Å². The van der Waals surface area contributed by atoms with Gasteiger partial charge in [-0.25, -0.2) is 4.44 Å². The van der Waals surface area contributed by atoms with Crippen LogP contribution in [0.25, 0.3) is 0 Å². The molecule has 0 heterocycles. The first-order chi connectivity index (χ1) is 35.7. The van der Waals surface area contributed by atoms with Crippen LogP contribution in [0, 0.1) is 0 Å². The van der Waals surface area contributed by atoms with E-state index < -0.39 is 46.7 Å². The number of halogens is 3. The molecule has 0 bridgehead atoms. The van der Waals surface area contributed by atoms with Crippen molar-refractivity contribution >= 4 is 77.1 Å². The van der Waals surface area contributed by atoms with Gasteiger partial charge in [0, 0.05) is 27.5 Å². The highest BCUT2D eigenvalue weighted by atomic mass is 31.2. The largest absolute Gasteiger partial charge is 0.573 e. The fourth-order valence-electron chi connectivity index (χ4n) is 12.1. The van der Waals surface area contributed by atoms with Gasteiger partial charge in [-0.05, 0) is 41.9 Å². The number of rotatable bonds is 38. The van der Waals surface area contributed by atoms with Gasteiger partial charge in [0.2, 0.25) is 0 Å². The molecular formula is C64H104F3NOP2Si3. The summed E-state index contributed by atoms with van der Waals surface area (Å²) in [5.74, 6) is -0.0682. The van der Waals surface area contributed by atoms with Gasteiger partial charge in [0.05, 0.1) is 24.2 Å². The van der Waals surface area contributed by atoms with Crippen LogP contribution in [0.2, 0.25) is 54.4 Å². The predicted octanol–water partition coefficient (Wildman–Crippen LogP) is 18.9. The molecule has 74 heavy (non-hydrogen) atoms. The zero-order valence-electron chi connectivity index (χ0n) is 48.8. The normalized spacial score (nSPS) is 13.1. The monoisotopic (exact) mass is 1110 g/mol. The average molecular weight is 1110 g/mol. The lowest BCUT2D eigenvalue weighted by Gasteiger charge is -2.43. The molecule has 0 saturated heterocycles. The zero-order valence-corrected chi connectivity index (χ0v) is 53.6. The van der Waals surface area contributed by atoms with Crippen molar-refractivity contribution in [2.24, 2.45) is 0 Å². The van der Waals surface area contributed by atoms with E-state index in [1.807, 2.05) is 12.1 Å². The summed E-state index contributed by atoms with van der Waals surface area (Å²) in [5.41, 5.74) is 0. The van der Waals surface area contributed by atoms with Gasteiger partial charge >= 0.3 is 6.36 Å². The molecule has 0 aliphatic carbocycles. The van der Waals surface area contributed by atoms with E-state index in [0.717, 1.165) is 5.30 Å². The molecule has 2 nitrogen and oxygen atoms in total. The molecule has 0 aliphatic heterocycles. The Labute approximate surface area is 458 Å². The third kappa shape index (κ3) is 18.3. The van der Waals surface area contributed by atoms with Crippen molar-refractivity contribution in [1.29, 1.82) is 0 Å². The van der Waals surface area contributed by atoms with Crippen molar-refractivity contribution in [1.82, 2.24) is 4.44 Å². The summed E-state index contributed by atoms with van der Waals surface area (Å²) in [6.45, 7) is 25.8. The molecule has 0 N–H and O–H groups in total. The van der Waals surface area contributed by atoms with Gasteiger partial charge in [0.15, 0.2) is 0 Å². The minimum atomic E-state index is -4.83. The van der Waals surface area contributed by atoms with Crippen LogP contribution >= 0.6 is 16.1 Å². The second kappa shape index (κ2) is 33.4. The summed E-state index contributed by atoms with van der Waals surface area (Å²) in [6.07, 6.45) is 17.1. The number of nitrogens with zero attached hydrogens (tertiary/aromatic N) is 1. The molecule has 1 unspecified atom stereocenters. The van der Waals surface area contributed by atoms with E-state index in [1.165, 1.54) is 186 Å². The Morgan fingerprint density at radius 1 is 0.405 bits per heavy atom. The Kier molecular flexibility index (Phi) is 29.1. The average Bonchev–Trinajstić information content (AvgIpc) is 3.40. The smallest absolute Gasteiger partial charge is 0.405 e. The maximum Gasteiger partial charge on any atom is 0.573 e. The molecule has 0 aromatic heterocycles. The van der Waals surface area contributed by atoms with E-state index in [2.05, 4.69) is 153 Å². The van der Waals surface area contributed by atoms with Crippen molar-refractivity contribution < 1.29 is 17.9 Å².